The highest BCUT2D eigenvalue weighted by Crippen LogP contribution is 2.28. The first-order valence-electron chi connectivity index (χ1n) is 10.4. The van der Waals surface area contributed by atoms with Gasteiger partial charge in [0.15, 0.2) is 5.78 Å². The Labute approximate surface area is 182 Å². The van der Waals surface area contributed by atoms with E-state index in [-0.39, 0.29) is 5.78 Å². The molecule has 3 aromatic rings. The van der Waals surface area contributed by atoms with Crippen LogP contribution in [0.3, 0.4) is 0 Å². The molecule has 1 heterocycles. The van der Waals surface area contributed by atoms with Gasteiger partial charge < -0.3 is 9.47 Å². The third-order valence-corrected chi connectivity index (χ3v) is 6.69. The van der Waals surface area contributed by atoms with Crippen molar-refractivity contribution in [3.05, 3.63) is 86.6 Å². The van der Waals surface area contributed by atoms with Gasteiger partial charge in [-0.15, -0.1) is 11.3 Å². The first-order chi connectivity index (χ1) is 14.7. The van der Waals surface area contributed by atoms with E-state index in [0.29, 0.717) is 6.61 Å². The van der Waals surface area contributed by atoms with Crippen LogP contribution in [0.25, 0.3) is 6.08 Å². The molecular formula is C26H26O3S. The third-order valence-electron chi connectivity index (χ3n) is 5.45. The molecule has 0 amide bonds. The molecule has 4 rings (SSSR count). The number of hydrogen-bond acceptors (Lipinski definition) is 4. The summed E-state index contributed by atoms with van der Waals surface area (Å²) in [5, 5.41) is 0. The SMILES string of the molecule is CCc1ccc(C(=O)/C=C/c2ccc(OC)c(COc3ccc4c(c3)CCC4)c2)s1. The number of carbonyl (C=O) groups excluding carboxylic acids is 1. The fraction of sp³-hybridized carbons (Fsp3) is 0.269. The monoisotopic (exact) mass is 418 g/mol. The standard InChI is InChI=1S/C26H26O3S/c1-3-23-11-14-26(30-23)24(27)12-7-18-8-13-25(28-2)21(15-18)17-29-22-10-9-19-5-4-6-20(19)16-22/h7-16H,3-6,17H2,1-2H3/b12-7+. The van der Waals surface area contributed by atoms with Gasteiger partial charge in [0, 0.05) is 10.4 Å². The second kappa shape index (κ2) is 9.31. The number of thiophene rings is 1. The zero-order valence-electron chi connectivity index (χ0n) is 17.4. The van der Waals surface area contributed by atoms with E-state index < -0.39 is 0 Å². The summed E-state index contributed by atoms with van der Waals surface area (Å²) < 4.78 is 11.6. The van der Waals surface area contributed by atoms with Crippen molar-refractivity contribution in [2.75, 3.05) is 7.11 Å². The van der Waals surface area contributed by atoms with Gasteiger partial charge in [-0.25, -0.2) is 0 Å². The number of hydrogen-bond donors (Lipinski definition) is 0. The van der Waals surface area contributed by atoms with Crippen molar-refractivity contribution in [2.45, 2.75) is 39.2 Å². The van der Waals surface area contributed by atoms with Crippen molar-refractivity contribution in [3.8, 4) is 11.5 Å². The van der Waals surface area contributed by atoms with Crippen LogP contribution in [0.5, 0.6) is 11.5 Å². The van der Waals surface area contributed by atoms with Crippen LogP contribution in [0.4, 0.5) is 0 Å². The Balaban J connectivity index is 1.46. The molecule has 1 aliphatic carbocycles. The largest absolute Gasteiger partial charge is 0.496 e. The Kier molecular flexibility index (Phi) is 6.34. The van der Waals surface area contributed by atoms with Gasteiger partial charge in [-0.1, -0.05) is 25.1 Å². The summed E-state index contributed by atoms with van der Waals surface area (Å²) in [6.45, 7) is 2.52. The first kappa shape index (κ1) is 20.4. The molecule has 0 bridgehead atoms. The number of rotatable bonds is 8. The van der Waals surface area contributed by atoms with Crippen LogP contribution in [0.2, 0.25) is 0 Å². The predicted octanol–water partition coefficient (Wildman–Crippen LogP) is 6.28. The number of methoxy groups -OCH3 is 1. The van der Waals surface area contributed by atoms with Crippen LogP contribution in [0.15, 0.2) is 54.6 Å². The fourth-order valence-corrected chi connectivity index (χ4v) is 4.64. The highest BCUT2D eigenvalue weighted by atomic mass is 32.1. The van der Waals surface area contributed by atoms with Gasteiger partial charge in [0.25, 0.3) is 0 Å². The number of fused-ring (bicyclic) bond motifs is 1. The Morgan fingerprint density at radius 2 is 1.93 bits per heavy atom. The zero-order chi connectivity index (χ0) is 20.9. The van der Waals surface area contributed by atoms with Crippen molar-refractivity contribution in [3.63, 3.8) is 0 Å². The lowest BCUT2D eigenvalue weighted by Crippen LogP contribution is -2.00. The molecular weight excluding hydrogens is 392 g/mol. The zero-order valence-corrected chi connectivity index (χ0v) is 18.3. The molecule has 0 radical (unpaired) electrons. The number of carbonyl (C=O) groups is 1. The van der Waals surface area contributed by atoms with E-state index in [2.05, 4.69) is 19.1 Å². The summed E-state index contributed by atoms with van der Waals surface area (Å²) in [5.74, 6) is 1.70. The summed E-state index contributed by atoms with van der Waals surface area (Å²) >= 11 is 1.56. The van der Waals surface area contributed by atoms with Crippen LogP contribution in [0, 0.1) is 0 Å². The summed E-state index contributed by atoms with van der Waals surface area (Å²) in [6, 6.07) is 16.2. The lowest BCUT2D eigenvalue weighted by Gasteiger charge is -2.12. The van der Waals surface area contributed by atoms with Crippen molar-refractivity contribution in [1.82, 2.24) is 0 Å². The number of benzene rings is 2. The quantitative estimate of drug-likeness (QED) is 0.319. The highest BCUT2D eigenvalue weighted by molar-refractivity contribution is 7.14. The molecule has 0 unspecified atom stereocenters. The Bertz CT molecular complexity index is 1080. The number of ketones is 1. The Morgan fingerprint density at radius 3 is 2.73 bits per heavy atom. The Hall–Kier alpha value is -2.85. The molecule has 0 spiro atoms. The molecule has 0 fully saturated rings. The summed E-state index contributed by atoms with van der Waals surface area (Å²) in [5.41, 5.74) is 4.74. The van der Waals surface area contributed by atoms with Gasteiger partial charge in [0.05, 0.1) is 12.0 Å². The van der Waals surface area contributed by atoms with E-state index in [1.54, 1.807) is 24.5 Å². The summed E-state index contributed by atoms with van der Waals surface area (Å²) in [7, 11) is 1.66. The third kappa shape index (κ3) is 4.65. The summed E-state index contributed by atoms with van der Waals surface area (Å²) in [6.07, 6.45) is 7.97. The fourth-order valence-electron chi connectivity index (χ4n) is 3.77. The topological polar surface area (TPSA) is 35.5 Å². The molecule has 0 atom stereocenters. The van der Waals surface area contributed by atoms with E-state index in [0.717, 1.165) is 40.3 Å². The maximum atomic E-state index is 12.4. The van der Waals surface area contributed by atoms with Crippen molar-refractivity contribution < 1.29 is 14.3 Å². The minimum atomic E-state index is 0.0338. The van der Waals surface area contributed by atoms with Crippen LogP contribution < -0.4 is 9.47 Å². The van der Waals surface area contributed by atoms with Crippen LogP contribution in [0.1, 0.15) is 50.1 Å². The van der Waals surface area contributed by atoms with Crippen molar-refractivity contribution >= 4 is 23.2 Å². The second-order valence-electron chi connectivity index (χ2n) is 7.46. The average molecular weight is 419 g/mol. The minimum absolute atomic E-state index is 0.0338. The van der Waals surface area contributed by atoms with E-state index in [4.69, 9.17) is 9.47 Å². The molecule has 4 heteroatoms. The lowest BCUT2D eigenvalue weighted by molar-refractivity contribution is 0.105. The van der Waals surface area contributed by atoms with E-state index in [1.807, 2.05) is 42.5 Å². The predicted molar refractivity (Wildman–Crippen MR) is 123 cm³/mol. The number of allylic oxidation sites excluding steroid dienone is 1. The van der Waals surface area contributed by atoms with Crippen molar-refractivity contribution in [2.24, 2.45) is 0 Å². The van der Waals surface area contributed by atoms with Gasteiger partial charge in [-0.05, 0) is 84.8 Å². The van der Waals surface area contributed by atoms with Gasteiger partial charge in [-0.2, -0.15) is 0 Å². The van der Waals surface area contributed by atoms with E-state index >= 15 is 0 Å². The first-order valence-corrected chi connectivity index (χ1v) is 11.2. The highest BCUT2D eigenvalue weighted by Gasteiger charge is 2.12. The molecule has 1 aromatic heterocycles. The number of ether oxygens (including phenoxy) is 2. The van der Waals surface area contributed by atoms with Crippen molar-refractivity contribution in [1.29, 1.82) is 0 Å². The minimum Gasteiger partial charge on any atom is -0.496 e. The molecule has 0 saturated heterocycles. The normalized spacial score (nSPS) is 12.9. The lowest BCUT2D eigenvalue weighted by atomic mass is 10.1. The Morgan fingerprint density at radius 1 is 1.07 bits per heavy atom. The van der Waals surface area contributed by atoms with Gasteiger partial charge >= 0.3 is 0 Å². The average Bonchev–Trinajstić information content (AvgIpc) is 3.45. The maximum Gasteiger partial charge on any atom is 0.195 e. The number of aryl methyl sites for hydroxylation is 3. The van der Waals surface area contributed by atoms with Crippen LogP contribution in [-0.4, -0.2) is 12.9 Å². The molecule has 2 aromatic carbocycles. The second-order valence-corrected chi connectivity index (χ2v) is 8.63. The molecule has 0 aliphatic heterocycles. The molecule has 30 heavy (non-hydrogen) atoms. The molecule has 154 valence electrons. The van der Waals surface area contributed by atoms with Gasteiger partial charge in [0.1, 0.15) is 18.1 Å². The molecule has 3 nitrogen and oxygen atoms in total. The van der Waals surface area contributed by atoms with Crippen LogP contribution >= 0.6 is 11.3 Å². The van der Waals surface area contributed by atoms with E-state index in [9.17, 15) is 4.79 Å². The van der Waals surface area contributed by atoms with Crippen LogP contribution in [-0.2, 0) is 25.9 Å². The van der Waals surface area contributed by atoms with Gasteiger partial charge in [-0.3, -0.25) is 4.79 Å². The van der Waals surface area contributed by atoms with E-state index in [1.165, 1.54) is 28.8 Å². The summed E-state index contributed by atoms with van der Waals surface area (Å²) in [4.78, 5) is 14.4. The smallest absolute Gasteiger partial charge is 0.195 e. The molecule has 0 N–H and O–H groups in total. The maximum absolute atomic E-state index is 12.4. The van der Waals surface area contributed by atoms with Gasteiger partial charge in [0.2, 0.25) is 0 Å². The molecule has 1 aliphatic rings. The molecule has 0 saturated carbocycles.